The number of halogens is 1. The highest BCUT2D eigenvalue weighted by Crippen LogP contribution is 2.12. The summed E-state index contributed by atoms with van der Waals surface area (Å²) in [6.07, 6.45) is 0. The average Bonchev–Trinajstić information content (AvgIpc) is 2.35. The molecule has 0 spiro atoms. The monoisotopic (exact) mass is 167 g/mol. The predicted molar refractivity (Wildman–Crippen MR) is 42.7 cm³/mol. The first-order chi connectivity index (χ1) is 5.29. The summed E-state index contributed by atoms with van der Waals surface area (Å²) in [4.78, 5) is 0. The number of aryl methyl sites for hydroxylation is 1. The number of pyridine rings is 1. The molecule has 0 saturated heterocycles. The SMILES string of the molecule is Cc1nnn2c(Cl)cccc12. The quantitative estimate of drug-likeness (QED) is 0.559. The van der Waals surface area contributed by atoms with Crippen molar-refractivity contribution in [2.45, 2.75) is 6.92 Å². The Morgan fingerprint density at radius 3 is 3.00 bits per heavy atom. The summed E-state index contributed by atoms with van der Waals surface area (Å²) in [6.45, 7) is 1.90. The average molecular weight is 168 g/mol. The lowest BCUT2D eigenvalue weighted by Gasteiger charge is -1.92. The van der Waals surface area contributed by atoms with Gasteiger partial charge in [-0.25, -0.2) is 4.52 Å². The first-order valence-electron chi connectivity index (χ1n) is 3.25. The van der Waals surface area contributed by atoms with E-state index in [0.29, 0.717) is 5.15 Å². The highest BCUT2D eigenvalue weighted by Gasteiger charge is 2.01. The molecule has 11 heavy (non-hydrogen) atoms. The minimum Gasteiger partial charge on any atom is -0.202 e. The van der Waals surface area contributed by atoms with Crippen molar-refractivity contribution in [1.82, 2.24) is 14.8 Å². The minimum atomic E-state index is 0.586. The van der Waals surface area contributed by atoms with Crippen molar-refractivity contribution in [3.8, 4) is 0 Å². The number of hydrogen-bond donors (Lipinski definition) is 0. The van der Waals surface area contributed by atoms with Gasteiger partial charge in [0.2, 0.25) is 0 Å². The maximum Gasteiger partial charge on any atom is 0.133 e. The maximum atomic E-state index is 5.83. The number of nitrogens with zero attached hydrogens (tertiary/aromatic N) is 3. The maximum absolute atomic E-state index is 5.83. The normalized spacial score (nSPS) is 10.7. The fourth-order valence-corrected chi connectivity index (χ4v) is 1.20. The van der Waals surface area contributed by atoms with E-state index in [2.05, 4.69) is 10.3 Å². The molecule has 0 fully saturated rings. The van der Waals surface area contributed by atoms with Crippen LogP contribution in [-0.4, -0.2) is 14.8 Å². The molecule has 0 aliphatic heterocycles. The van der Waals surface area contributed by atoms with Crippen LogP contribution in [0.2, 0.25) is 5.15 Å². The topological polar surface area (TPSA) is 30.2 Å². The van der Waals surface area contributed by atoms with Gasteiger partial charge >= 0.3 is 0 Å². The lowest BCUT2D eigenvalue weighted by molar-refractivity contribution is 0.850. The summed E-state index contributed by atoms with van der Waals surface area (Å²) in [5.41, 5.74) is 1.85. The van der Waals surface area contributed by atoms with Gasteiger partial charge in [0.05, 0.1) is 11.2 Å². The van der Waals surface area contributed by atoms with Crippen LogP contribution in [0.25, 0.3) is 5.52 Å². The molecule has 0 aliphatic rings. The van der Waals surface area contributed by atoms with Crippen molar-refractivity contribution < 1.29 is 0 Å². The van der Waals surface area contributed by atoms with Crippen LogP contribution in [-0.2, 0) is 0 Å². The molecule has 0 amide bonds. The van der Waals surface area contributed by atoms with Gasteiger partial charge < -0.3 is 0 Å². The molecule has 0 radical (unpaired) electrons. The molecule has 2 aromatic rings. The Kier molecular flexibility index (Phi) is 1.32. The molecule has 4 heteroatoms. The second kappa shape index (κ2) is 2.20. The number of hydrogen-bond acceptors (Lipinski definition) is 2. The zero-order chi connectivity index (χ0) is 7.84. The smallest absolute Gasteiger partial charge is 0.133 e. The molecule has 0 aromatic carbocycles. The lowest BCUT2D eigenvalue weighted by atomic mass is 10.3. The predicted octanol–water partition coefficient (Wildman–Crippen LogP) is 1.69. The zero-order valence-electron chi connectivity index (χ0n) is 5.95. The highest BCUT2D eigenvalue weighted by molar-refractivity contribution is 6.29. The van der Waals surface area contributed by atoms with Crippen LogP contribution in [0.15, 0.2) is 18.2 Å². The molecule has 56 valence electrons. The van der Waals surface area contributed by atoms with E-state index in [9.17, 15) is 0 Å². The summed E-state index contributed by atoms with van der Waals surface area (Å²) < 4.78 is 1.61. The molecule has 0 atom stereocenters. The number of aromatic nitrogens is 3. The lowest BCUT2D eigenvalue weighted by Crippen LogP contribution is -1.87. The fraction of sp³-hybridized carbons (Fsp3) is 0.143. The van der Waals surface area contributed by atoms with Crippen LogP contribution in [0.4, 0.5) is 0 Å². The van der Waals surface area contributed by atoms with Gasteiger partial charge in [0, 0.05) is 0 Å². The molecule has 0 unspecified atom stereocenters. The largest absolute Gasteiger partial charge is 0.202 e. The van der Waals surface area contributed by atoms with Gasteiger partial charge in [-0.15, -0.1) is 5.10 Å². The van der Waals surface area contributed by atoms with E-state index >= 15 is 0 Å². The first kappa shape index (κ1) is 6.61. The van der Waals surface area contributed by atoms with Crippen LogP contribution in [0, 0.1) is 6.92 Å². The second-order valence-corrected chi connectivity index (χ2v) is 2.71. The summed E-state index contributed by atoms with van der Waals surface area (Å²) >= 11 is 5.83. The van der Waals surface area contributed by atoms with Crippen molar-refractivity contribution in [3.05, 3.63) is 29.0 Å². The number of rotatable bonds is 0. The van der Waals surface area contributed by atoms with E-state index in [1.54, 1.807) is 10.6 Å². The van der Waals surface area contributed by atoms with Gasteiger partial charge in [0.25, 0.3) is 0 Å². The third-order valence-corrected chi connectivity index (χ3v) is 1.86. The Hall–Kier alpha value is -1.09. The molecule has 0 saturated carbocycles. The number of fused-ring (bicyclic) bond motifs is 1. The van der Waals surface area contributed by atoms with Gasteiger partial charge in [0.1, 0.15) is 5.15 Å². The summed E-state index contributed by atoms with van der Waals surface area (Å²) in [5.74, 6) is 0. The van der Waals surface area contributed by atoms with Crippen molar-refractivity contribution in [2.24, 2.45) is 0 Å². The Morgan fingerprint density at radius 1 is 1.45 bits per heavy atom. The second-order valence-electron chi connectivity index (χ2n) is 2.32. The van der Waals surface area contributed by atoms with Gasteiger partial charge in [-0.3, -0.25) is 0 Å². The molecule has 0 bridgehead atoms. The highest BCUT2D eigenvalue weighted by atomic mass is 35.5. The Bertz CT molecular complexity index is 393. The van der Waals surface area contributed by atoms with E-state index in [0.717, 1.165) is 11.2 Å². The van der Waals surface area contributed by atoms with E-state index in [1.807, 2.05) is 19.1 Å². The molecule has 3 nitrogen and oxygen atoms in total. The van der Waals surface area contributed by atoms with Crippen molar-refractivity contribution in [2.75, 3.05) is 0 Å². The molecule has 0 N–H and O–H groups in total. The Balaban J connectivity index is 2.94. The van der Waals surface area contributed by atoms with E-state index < -0.39 is 0 Å². The third kappa shape index (κ3) is 0.886. The van der Waals surface area contributed by atoms with Crippen molar-refractivity contribution >= 4 is 17.1 Å². The molecule has 2 heterocycles. The van der Waals surface area contributed by atoms with Crippen molar-refractivity contribution in [3.63, 3.8) is 0 Å². The van der Waals surface area contributed by atoms with Gasteiger partial charge in [-0.1, -0.05) is 22.9 Å². The van der Waals surface area contributed by atoms with Gasteiger partial charge in [0.15, 0.2) is 0 Å². The Labute approximate surface area is 68.6 Å². The third-order valence-electron chi connectivity index (χ3n) is 1.57. The molecule has 0 aliphatic carbocycles. The van der Waals surface area contributed by atoms with Crippen LogP contribution >= 0.6 is 11.6 Å². The molecule has 2 aromatic heterocycles. The molecular formula is C7H6ClN3. The van der Waals surface area contributed by atoms with Gasteiger partial charge in [-0.2, -0.15) is 0 Å². The van der Waals surface area contributed by atoms with Crippen LogP contribution < -0.4 is 0 Å². The van der Waals surface area contributed by atoms with Crippen LogP contribution in [0.5, 0.6) is 0 Å². The first-order valence-corrected chi connectivity index (χ1v) is 3.63. The van der Waals surface area contributed by atoms with E-state index in [-0.39, 0.29) is 0 Å². The Morgan fingerprint density at radius 2 is 2.27 bits per heavy atom. The van der Waals surface area contributed by atoms with E-state index in [1.165, 1.54) is 0 Å². The molecular weight excluding hydrogens is 162 g/mol. The summed E-state index contributed by atoms with van der Waals surface area (Å²) in [5, 5.41) is 8.32. The van der Waals surface area contributed by atoms with E-state index in [4.69, 9.17) is 11.6 Å². The zero-order valence-corrected chi connectivity index (χ0v) is 6.71. The fourth-order valence-electron chi connectivity index (χ4n) is 1.00. The van der Waals surface area contributed by atoms with Crippen LogP contribution in [0.3, 0.4) is 0 Å². The molecule has 2 rings (SSSR count). The van der Waals surface area contributed by atoms with Crippen molar-refractivity contribution in [1.29, 1.82) is 0 Å². The van der Waals surface area contributed by atoms with Gasteiger partial charge in [-0.05, 0) is 19.1 Å². The summed E-state index contributed by atoms with van der Waals surface area (Å²) in [6, 6.07) is 5.60. The minimum absolute atomic E-state index is 0.586. The van der Waals surface area contributed by atoms with Crippen LogP contribution in [0.1, 0.15) is 5.69 Å². The standard InChI is InChI=1S/C7H6ClN3/c1-5-6-3-2-4-7(8)11(6)10-9-5/h2-4H,1H3. The summed E-state index contributed by atoms with van der Waals surface area (Å²) in [7, 11) is 0.